The molecule has 0 aliphatic carbocycles. The van der Waals surface area contributed by atoms with Gasteiger partial charge in [-0.2, -0.15) is 0 Å². The van der Waals surface area contributed by atoms with Gasteiger partial charge in [0.1, 0.15) is 0 Å². The first kappa shape index (κ1) is 14.9. The molecule has 2 amide bonds. The van der Waals surface area contributed by atoms with E-state index in [2.05, 4.69) is 6.07 Å². The minimum atomic E-state index is -0.00229. The van der Waals surface area contributed by atoms with E-state index >= 15 is 0 Å². The Kier molecular flexibility index (Phi) is 4.08. The molecule has 3 rings (SSSR count). The minimum Gasteiger partial charge on any atom is -0.321 e. The predicted molar refractivity (Wildman–Crippen MR) is 90.5 cm³/mol. The fourth-order valence-corrected chi connectivity index (χ4v) is 2.98. The van der Waals surface area contributed by atoms with Crippen LogP contribution in [0.4, 0.5) is 10.5 Å². The molecule has 0 bridgehead atoms. The second-order valence-corrected chi connectivity index (χ2v) is 6.09. The second-order valence-electron chi connectivity index (χ2n) is 5.65. The normalized spacial score (nSPS) is 14.6. The Morgan fingerprint density at radius 3 is 2.59 bits per heavy atom. The summed E-state index contributed by atoms with van der Waals surface area (Å²) in [5, 5.41) is 0.707. The standard InChI is InChI=1S/C18H19ClN2O/c1-13(14-7-9-16(19)10-8-14)20(2)18(22)21-12-11-15-5-3-4-6-17(15)21/h3-10,13H,11-12H2,1-2H3. The molecular formula is C18H19ClN2O. The zero-order valence-corrected chi connectivity index (χ0v) is 13.5. The van der Waals surface area contributed by atoms with Crippen LogP contribution in [0.25, 0.3) is 0 Å². The van der Waals surface area contributed by atoms with Crippen LogP contribution >= 0.6 is 11.6 Å². The van der Waals surface area contributed by atoms with Gasteiger partial charge in [-0.05, 0) is 42.7 Å². The van der Waals surface area contributed by atoms with E-state index < -0.39 is 0 Å². The molecule has 2 aromatic carbocycles. The number of benzene rings is 2. The van der Waals surface area contributed by atoms with Crippen molar-refractivity contribution in [2.75, 3.05) is 18.5 Å². The van der Waals surface area contributed by atoms with Crippen LogP contribution in [-0.4, -0.2) is 24.5 Å². The summed E-state index contributed by atoms with van der Waals surface area (Å²) in [6.07, 6.45) is 0.922. The van der Waals surface area contributed by atoms with Crippen LogP contribution in [0.15, 0.2) is 48.5 Å². The van der Waals surface area contributed by atoms with Gasteiger partial charge in [0, 0.05) is 24.3 Å². The van der Waals surface area contributed by atoms with Gasteiger partial charge >= 0.3 is 6.03 Å². The van der Waals surface area contributed by atoms with Crippen LogP contribution in [0.1, 0.15) is 24.1 Å². The number of carbonyl (C=O) groups excluding carboxylic acids is 1. The first-order valence-electron chi connectivity index (χ1n) is 7.45. The van der Waals surface area contributed by atoms with Crippen molar-refractivity contribution in [3.05, 3.63) is 64.7 Å². The lowest BCUT2D eigenvalue weighted by Gasteiger charge is -2.30. The molecular weight excluding hydrogens is 296 g/mol. The molecule has 0 saturated carbocycles. The van der Waals surface area contributed by atoms with Gasteiger partial charge in [0.25, 0.3) is 0 Å². The first-order chi connectivity index (χ1) is 10.6. The Morgan fingerprint density at radius 1 is 1.18 bits per heavy atom. The van der Waals surface area contributed by atoms with Crippen molar-refractivity contribution in [1.82, 2.24) is 4.90 Å². The molecule has 0 aromatic heterocycles. The zero-order valence-electron chi connectivity index (χ0n) is 12.8. The lowest BCUT2D eigenvalue weighted by molar-refractivity contribution is 0.202. The highest BCUT2D eigenvalue weighted by molar-refractivity contribution is 6.30. The average molecular weight is 315 g/mol. The number of para-hydroxylation sites is 1. The van der Waals surface area contributed by atoms with Gasteiger partial charge in [-0.15, -0.1) is 0 Å². The Balaban J connectivity index is 1.79. The Labute approximate surface area is 136 Å². The molecule has 0 fully saturated rings. The molecule has 1 unspecified atom stereocenters. The molecule has 0 spiro atoms. The third-order valence-electron chi connectivity index (χ3n) is 4.35. The maximum absolute atomic E-state index is 12.8. The Hall–Kier alpha value is -2.00. The fraction of sp³-hybridized carbons (Fsp3) is 0.278. The highest BCUT2D eigenvalue weighted by atomic mass is 35.5. The minimum absolute atomic E-state index is 0.00229. The molecule has 0 saturated heterocycles. The molecule has 3 nitrogen and oxygen atoms in total. The average Bonchev–Trinajstić information content (AvgIpc) is 2.97. The largest absolute Gasteiger partial charge is 0.324 e. The molecule has 1 atom stereocenters. The summed E-state index contributed by atoms with van der Waals surface area (Å²) in [4.78, 5) is 16.5. The lowest BCUT2D eigenvalue weighted by Crippen LogP contribution is -2.41. The second kappa shape index (κ2) is 6.01. The number of fused-ring (bicyclic) bond motifs is 1. The van der Waals surface area contributed by atoms with Gasteiger partial charge in [0.15, 0.2) is 0 Å². The summed E-state index contributed by atoms with van der Waals surface area (Å²) < 4.78 is 0. The maximum atomic E-state index is 12.8. The number of amides is 2. The molecule has 0 radical (unpaired) electrons. The summed E-state index contributed by atoms with van der Waals surface area (Å²) in [6.45, 7) is 2.78. The number of hydrogen-bond acceptors (Lipinski definition) is 1. The molecule has 4 heteroatoms. The fourth-order valence-electron chi connectivity index (χ4n) is 2.86. The van der Waals surface area contributed by atoms with Crippen LogP contribution in [0.3, 0.4) is 0 Å². The van der Waals surface area contributed by atoms with E-state index in [0.29, 0.717) is 5.02 Å². The molecule has 114 valence electrons. The number of carbonyl (C=O) groups is 1. The molecule has 1 aliphatic heterocycles. The van der Waals surface area contributed by atoms with E-state index in [1.165, 1.54) is 5.56 Å². The van der Waals surface area contributed by atoms with Crippen LogP contribution in [0.2, 0.25) is 5.02 Å². The Morgan fingerprint density at radius 2 is 1.86 bits per heavy atom. The van der Waals surface area contributed by atoms with Crippen molar-refractivity contribution in [2.24, 2.45) is 0 Å². The highest BCUT2D eigenvalue weighted by Gasteiger charge is 2.28. The monoisotopic (exact) mass is 314 g/mol. The predicted octanol–water partition coefficient (Wildman–Crippen LogP) is 4.52. The summed E-state index contributed by atoms with van der Waals surface area (Å²) in [7, 11) is 1.85. The van der Waals surface area contributed by atoms with Crippen molar-refractivity contribution >= 4 is 23.3 Å². The quantitative estimate of drug-likeness (QED) is 0.799. The van der Waals surface area contributed by atoms with Crippen molar-refractivity contribution in [3.8, 4) is 0 Å². The number of hydrogen-bond donors (Lipinski definition) is 0. The summed E-state index contributed by atoms with van der Waals surface area (Å²) in [5.41, 5.74) is 3.35. The highest BCUT2D eigenvalue weighted by Crippen LogP contribution is 2.30. The van der Waals surface area contributed by atoms with Gasteiger partial charge in [-0.3, -0.25) is 4.90 Å². The van der Waals surface area contributed by atoms with Crippen LogP contribution < -0.4 is 4.90 Å². The van der Waals surface area contributed by atoms with E-state index in [1.54, 1.807) is 4.90 Å². The van der Waals surface area contributed by atoms with Crippen LogP contribution in [0.5, 0.6) is 0 Å². The van der Waals surface area contributed by atoms with E-state index in [0.717, 1.165) is 24.2 Å². The zero-order chi connectivity index (χ0) is 15.7. The maximum Gasteiger partial charge on any atom is 0.324 e. The van der Waals surface area contributed by atoms with E-state index in [4.69, 9.17) is 11.6 Å². The van der Waals surface area contributed by atoms with Crippen LogP contribution in [0, 0.1) is 0 Å². The lowest BCUT2D eigenvalue weighted by atomic mass is 10.1. The molecule has 0 N–H and O–H groups in total. The van der Waals surface area contributed by atoms with Crippen LogP contribution in [-0.2, 0) is 6.42 Å². The van der Waals surface area contributed by atoms with Gasteiger partial charge in [0.05, 0.1) is 6.04 Å². The Bertz CT molecular complexity index is 684. The third-order valence-corrected chi connectivity index (χ3v) is 4.61. The van der Waals surface area contributed by atoms with Crippen molar-refractivity contribution < 1.29 is 4.79 Å². The summed E-state index contributed by atoms with van der Waals surface area (Å²) >= 11 is 5.93. The SMILES string of the molecule is CC(c1ccc(Cl)cc1)N(C)C(=O)N1CCc2ccccc21. The van der Waals surface area contributed by atoms with E-state index in [9.17, 15) is 4.79 Å². The summed E-state index contributed by atoms with van der Waals surface area (Å²) in [5.74, 6) is 0. The van der Waals surface area contributed by atoms with Crippen molar-refractivity contribution in [3.63, 3.8) is 0 Å². The summed E-state index contributed by atoms with van der Waals surface area (Å²) in [6, 6.07) is 15.8. The number of nitrogens with zero attached hydrogens (tertiary/aromatic N) is 2. The van der Waals surface area contributed by atoms with E-state index in [1.807, 2.05) is 61.3 Å². The molecule has 22 heavy (non-hydrogen) atoms. The number of halogens is 1. The molecule has 1 aliphatic rings. The van der Waals surface area contributed by atoms with E-state index in [-0.39, 0.29) is 12.1 Å². The topological polar surface area (TPSA) is 23.6 Å². The van der Waals surface area contributed by atoms with Crippen molar-refractivity contribution in [2.45, 2.75) is 19.4 Å². The number of anilines is 1. The molecule has 1 heterocycles. The number of rotatable bonds is 2. The van der Waals surface area contributed by atoms with Crippen molar-refractivity contribution in [1.29, 1.82) is 0 Å². The first-order valence-corrected chi connectivity index (χ1v) is 7.83. The smallest absolute Gasteiger partial charge is 0.321 e. The van der Waals surface area contributed by atoms with Gasteiger partial charge in [-0.1, -0.05) is 41.9 Å². The van der Waals surface area contributed by atoms with Gasteiger partial charge in [0.2, 0.25) is 0 Å². The molecule has 2 aromatic rings. The number of urea groups is 1. The van der Waals surface area contributed by atoms with Gasteiger partial charge in [-0.25, -0.2) is 4.79 Å². The third kappa shape index (κ3) is 2.69. The van der Waals surface area contributed by atoms with Gasteiger partial charge < -0.3 is 4.90 Å².